The fourth-order valence-corrected chi connectivity index (χ4v) is 3.39. The molecule has 2 heteroatoms. The van der Waals surface area contributed by atoms with Crippen LogP contribution in [0.25, 0.3) is 0 Å². The molecule has 1 aliphatic rings. The number of hydrogen-bond acceptors (Lipinski definition) is 1. The smallest absolute Gasteiger partial charge is 0.192 e. The molecule has 0 amide bonds. The minimum absolute atomic E-state index is 0.311. The van der Waals surface area contributed by atoms with Crippen LogP contribution < -0.4 is 0 Å². The van der Waals surface area contributed by atoms with E-state index in [1.807, 2.05) is 0 Å². The molecule has 0 spiro atoms. The summed E-state index contributed by atoms with van der Waals surface area (Å²) in [6.07, 6.45) is 2.48. The lowest BCUT2D eigenvalue weighted by Gasteiger charge is -2.37. The van der Waals surface area contributed by atoms with Gasteiger partial charge in [0.15, 0.2) is 8.32 Å². The highest BCUT2D eigenvalue weighted by atomic mass is 28.4. The second-order valence-corrected chi connectivity index (χ2v) is 11.8. The molecule has 18 heavy (non-hydrogen) atoms. The number of fused-ring (bicyclic) bond motifs is 1. The van der Waals surface area contributed by atoms with Gasteiger partial charge in [-0.1, -0.05) is 45.0 Å². The normalized spacial score (nSPS) is 19.9. The van der Waals surface area contributed by atoms with Crippen LogP contribution in [0.2, 0.25) is 18.1 Å². The predicted molar refractivity (Wildman–Crippen MR) is 80.7 cm³/mol. The Kier molecular flexibility index (Phi) is 3.70. The minimum Gasteiger partial charge on any atom is -0.416 e. The Bertz CT molecular complexity index is 417. The highest BCUT2D eigenvalue weighted by Crippen LogP contribution is 2.39. The molecule has 0 N–H and O–H groups in total. The highest BCUT2D eigenvalue weighted by molar-refractivity contribution is 6.74. The molecule has 0 heterocycles. The molecule has 1 aromatic rings. The number of aryl methyl sites for hydroxylation is 1. The molecular weight excluding hydrogens is 236 g/mol. The summed E-state index contributed by atoms with van der Waals surface area (Å²) < 4.78 is 6.37. The van der Waals surface area contributed by atoms with Crippen molar-refractivity contribution < 1.29 is 4.43 Å². The Morgan fingerprint density at radius 2 is 1.89 bits per heavy atom. The van der Waals surface area contributed by atoms with Crippen LogP contribution in [0.4, 0.5) is 0 Å². The molecule has 0 aliphatic heterocycles. The van der Waals surface area contributed by atoms with E-state index in [-0.39, 0.29) is 0 Å². The molecule has 1 atom stereocenters. The molecule has 2 rings (SSSR count). The maximum atomic E-state index is 6.37. The van der Waals surface area contributed by atoms with Gasteiger partial charge < -0.3 is 4.43 Å². The van der Waals surface area contributed by atoms with E-state index < -0.39 is 8.32 Å². The van der Waals surface area contributed by atoms with Crippen LogP contribution in [0.5, 0.6) is 0 Å². The summed E-state index contributed by atoms with van der Waals surface area (Å²) in [5, 5.41) is 0.311. The van der Waals surface area contributed by atoms with Gasteiger partial charge in [0.05, 0.1) is 0 Å². The molecule has 1 nitrogen and oxygen atoms in total. The van der Waals surface area contributed by atoms with E-state index in [2.05, 4.69) is 58.1 Å². The highest BCUT2D eigenvalue weighted by Gasteiger charge is 2.38. The van der Waals surface area contributed by atoms with Crippen LogP contribution in [0.15, 0.2) is 24.3 Å². The van der Waals surface area contributed by atoms with Gasteiger partial charge in [-0.2, -0.15) is 0 Å². The third-order valence-corrected chi connectivity index (χ3v) is 9.21. The van der Waals surface area contributed by atoms with Crippen LogP contribution in [-0.4, -0.2) is 14.9 Å². The third-order valence-electron chi connectivity index (χ3n) is 4.71. The molecule has 0 radical (unpaired) electrons. The van der Waals surface area contributed by atoms with Gasteiger partial charge in [-0.25, -0.2) is 0 Å². The molecular formula is C16H26OSi. The molecule has 0 saturated carbocycles. The molecule has 1 aliphatic carbocycles. The van der Waals surface area contributed by atoms with Crippen molar-refractivity contribution in [2.45, 2.75) is 57.7 Å². The fraction of sp³-hybridized carbons (Fsp3) is 0.625. The standard InChI is InChI=1S/C16H26OSi/c1-16(2,3)18(4,5)17-12-14-11-10-13-8-6-7-9-15(13)14/h6-9,14H,10-12H2,1-5H3. The lowest BCUT2D eigenvalue weighted by atomic mass is 10.0. The van der Waals surface area contributed by atoms with Gasteiger partial charge in [0, 0.05) is 12.5 Å². The van der Waals surface area contributed by atoms with E-state index in [9.17, 15) is 0 Å². The van der Waals surface area contributed by atoms with Crippen molar-refractivity contribution in [1.29, 1.82) is 0 Å². The topological polar surface area (TPSA) is 9.23 Å². The first-order valence-electron chi connectivity index (χ1n) is 7.03. The van der Waals surface area contributed by atoms with Crippen molar-refractivity contribution in [3.05, 3.63) is 35.4 Å². The molecule has 0 saturated heterocycles. The number of benzene rings is 1. The Morgan fingerprint density at radius 1 is 1.22 bits per heavy atom. The lowest BCUT2D eigenvalue weighted by molar-refractivity contribution is 0.262. The number of rotatable bonds is 3. The molecule has 0 bridgehead atoms. The first-order chi connectivity index (χ1) is 8.31. The maximum Gasteiger partial charge on any atom is 0.192 e. The summed E-state index contributed by atoms with van der Waals surface area (Å²) >= 11 is 0. The Labute approximate surface area is 113 Å². The van der Waals surface area contributed by atoms with Crippen LogP contribution in [0.3, 0.4) is 0 Å². The van der Waals surface area contributed by atoms with Gasteiger partial charge >= 0.3 is 0 Å². The Balaban J connectivity index is 2.01. The molecule has 0 aromatic heterocycles. The van der Waals surface area contributed by atoms with E-state index in [0.717, 1.165) is 6.61 Å². The van der Waals surface area contributed by atoms with Crippen molar-refractivity contribution in [2.75, 3.05) is 6.61 Å². The summed E-state index contributed by atoms with van der Waals surface area (Å²) in [7, 11) is -1.59. The van der Waals surface area contributed by atoms with Crippen LogP contribution in [-0.2, 0) is 10.8 Å². The summed E-state index contributed by atoms with van der Waals surface area (Å²) in [6, 6.07) is 8.85. The largest absolute Gasteiger partial charge is 0.416 e. The first kappa shape index (κ1) is 13.8. The summed E-state index contributed by atoms with van der Waals surface area (Å²) in [5.41, 5.74) is 3.05. The van der Waals surface area contributed by atoms with Crippen LogP contribution in [0, 0.1) is 0 Å². The van der Waals surface area contributed by atoms with E-state index in [1.165, 1.54) is 24.0 Å². The first-order valence-corrected chi connectivity index (χ1v) is 9.94. The van der Waals surface area contributed by atoms with Gasteiger partial charge in [0.1, 0.15) is 0 Å². The van der Waals surface area contributed by atoms with E-state index in [1.54, 1.807) is 0 Å². The molecule has 1 aromatic carbocycles. The van der Waals surface area contributed by atoms with Crippen molar-refractivity contribution in [1.82, 2.24) is 0 Å². The van der Waals surface area contributed by atoms with Gasteiger partial charge in [-0.3, -0.25) is 0 Å². The summed E-state index contributed by atoms with van der Waals surface area (Å²) in [6.45, 7) is 12.5. The average molecular weight is 262 g/mol. The van der Waals surface area contributed by atoms with E-state index in [4.69, 9.17) is 4.43 Å². The zero-order valence-corrected chi connectivity index (χ0v) is 13.4. The fourth-order valence-electron chi connectivity index (χ4n) is 2.34. The monoisotopic (exact) mass is 262 g/mol. The summed E-state index contributed by atoms with van der Waals surface area (Å²) in [4.78, 5) is 0. The van der Waals surface area contributed by atoms with Gasteiger partial charge in [-0.15, -0.1) is 0 Å². The minimum atomic E-state index is -1.59. The quantitative estimate of drug-likeness (QED) is 0.715. The predicted octanol–water partition coefficient (Wildman–Crippen LogP) is 4.74. The van der Waals surface area contributed by atoms with Gasteiger partial charge in [0.2, 0.25) is 0 Å². The van der Waals surface area contributed by atoms with Crippen molar-refractivity contribution in [3.8, 4) is 0 Å². The van der Waals surface area contributed by atoms with Crippen molar-refractivity contribution in [3.63, 3.8) is 0 Å². The van der Waals surface area contributed by atoms with Gasteiger partial charge in [-0.05, 0) is 42.1 Å². The Hall–Kier alpha value is -0.603. The van der Waals surface area contributed by atoms with Crippen LogP contribution >= 0.6 is 0 Å². The van der Waals surface area contributed by atoms with E-state index in [0.29, 0.717) is 11.0 Å². The average Bonchev–Trinajstić information content (AvgIpc) is 2.68. The summed E-state index contributed by atoms with van der Waals surface area (Å²) in [5.74, 6) is 0.621. The SMILES string of the molecule is CC(C)(C)[Si](C)(C)OCC1CCc2ccccc21. The number of hydrogen-bond donors (Lipinski definition) is 0. The van der Waals surface area contributed by atoms with Gasteiger partial charge in [0.25, 0.3) is 0 Å². The third kappa shape index (κ3) is 2.70. The second-order valence-electron chi connectivity index (χ2n) is 7.01. The van der Waals surface area contributed by atoms with Crippen LogP contribution in [0.1, 0.15) is 44.2 Å². The molecule has 0 fully saturated rings. The van der Waals surface area contributed by atoms with Crippen molar-refractivity contribution >= 4 is 8.32 Å². The maximum absolute atomic E-state index is 6.37. The zero-order chi connectivity index (χ0) is 13.4. The lowest BCUT2D eigenvalue weighted by Crippen LogP contribution is -2.41. The zero-order valence-electron chi connectivity index (χ0n) is 12.4. The second kappa shape index (κ2) is 4.82. The molecule has 1 unspecified atom stereocenters. The van der Waals surface area contributed by atoms with Crippen molar-refractivity contribution in [2.24, 2.45) is 0 Å². The molecule has 100 valence electrons. The Morgan fingerprint density at radius 3 is 2.56 bits per heavy atom. The van der Waals surface area contributed by atoms with E-state index >= 15 is 0 Å².